The number of ether oxygens (including phenoxy) is 1. The van der Waals surface area contributed by atoms with E-state index in [-0.39, 0.29) is 5.54 Å². The summed E-state index contributed by atoms with van der Waals surface area (Å²) in [6.45, 7) is 9.10. The van der Waals surface area contributed by atoms with Gasteiger partial charge in [0.2, 0.25) is 0 Å². The van der Waals surface area contributed by atoms with Crippen LogP contribution in [0.2, 0.25) is 0 Å². The molecule has 2 N–H and O–H groups in total. The fraction of sp³-hybridized carbons (Fsp3) is 0.500. The SMILES string of the molecule is Cc1cc(-c2ccc(OCC(C)CC(C)(C)N)c(C3CC3)c2)ccn1. The van der Waals surface area contributed by atoms with Gasteiger partial charge >= 0.3 is 0 Å². The molecule has 0 amide bonds. The number of hydrogen-bond donors (Lipinski definition) is 1. The quantitative estimate of drug-likeness (QED) is 0.766. The summed E-state index contributed by atoms with van der Waals surface area (Å²) >= 11 is 0. The predicted octanol–water partition coefficient (Wildman–Crippen LogP) is 5.08. The number of aryl methyl sites for hydroxylation is 1. The van der Waals surface area contributed by atoms with Crippen LogP contribution >= 0.6 is 0 Å². The third-order valence-electron chi connectivity index (χ3n) is 4.65. The summed E-state index contributed by atoms with van der Waals surface area (Å²) in [6.07, 6.45) is 5.36. The Labute approximate surface area is 151 Å². The summed E-state index contributed by atoms with van der Waals surface area (Å²) in [5.41, 5.74) is 10.8. The first-order valence-electron chi connectivity index (χ1n) is 9.30. The van der Waals surface area contributed by atoms with Gasteiger partial charge in [0.15, 0.2) is 0 Å². The highest BCUT2D eigenvalue weighted by atomic mass is 16.5. The molecular formula is C22H30N2O. The summed E-state index contributed by atoms with van der Waals surface area (Å²) in [7, 11) is 0. The molecule has 1 aliphatic carbocycles. The van der Waals surface area contributed by atoms with E-state index in [9.17, 15) is 0 Å². The molecular weight excluding hydrogens is 308 g/mol. The molecule has 3 heteroatoms. The van der Waals surface area contributed by atoms with Crippen molar-refractivity contribution in [3.05, 3.63) is 47.8 Å². The molecule has 1 heterocycles. The smallest absolute Gasteiger partial charge is 0.122 e. The monoisotopic (exact) mass is 338 g/mol. The van der Waals surface area contributed by atoms with Gasteiger partial charge in [-0.2, -0.15) is 0 Å². The van der Waals surface area contributed by atoms with Crippen molar-refractivity contribution >= 4 is 0 Å². The second kappa shape index (κ2) is 7.17. The maximum Gasteiger partial charge on any atom is 0.122 e. The number of hydrogen-bond acceptors (Lipinski definition) is 3. The van der Waals surface area contributed by atoms with Crippen molar-refractivity contribution in [3.8, 4) is 16.9 Å². The van der Waals surface area contributed by atoms with Crippen molar-refractivity contribution < 1.29 is 4.74 Å². The van der Waals surface area contributed by atoms with Crippen molar-refractivity contribution in [2.24, 2.45) is 11.7 Å². The molecule has 2 aromatic rings. The fourth-order valence-electron chi connectivity index (χ4n) is 3.49. The second-order valence-electron chi connectivity index (χ2n) is 8.32. The zero-order chi connectivity index (χ0) is 18.0. The van der Waals surface area contributed by atoms with Crippen LogP contribution in [0.4, 0.5) is 0 Å². The number of nitrogens with zero attached hydrogens (tertiary/aromatic N) is 1. The lowest BCUT2D eigenvalue weighted by atomic mass is 9.93. The molecule has 0 aliphatic heterocycles. The van der Waals surface area contributed by atoms with Gasteiger partial charge in [0.05, 0.1) is 6.61 Å². The van der Waals surface area contributed by atoms with Gasteiger partial charge in [-0.05, 0) is 92.8 Å². The average Bonchev–Trinajstić information content (AvgIpc) is 3.36. The third-order valence-corrected chi connectivity index (χ3v) is 4.65. The number of aromatic nitrogens is 1. The van der Waals surface area contributed by atoms with Crippen LogP contribution < -0.4 is 10.5 Å². The summed E-state index contributed by atoms with van der Waals surface area (Å²) in [5.74, 6) is 2.13. The van der Waals surface area contributed by atoms with Crippen molar-refractivity contribution in [1.29, 1.82) is 0 Å². The maximum absolute atomic E-state index is 6.19. The van der Waals surface area contributed by atoms with Crippen LogP contribution in [0.1, 0.15) is 57.2 Å². The Morgan fingerprint density at radius 3 is 2.56 bits per heavy atom. The minimum atomic E-state index is -0.148. The second-order valence-corrected chi connectivity index (χ2v) is 8.32. The van der Waals surface area contributed by atoms with E-state index >= 15 is 0 Å². The number of nitrogens with two attached hydrogens (primary N) is 1. The Morgan fingerprint density at radius 2 is 1.92 bits per heavy atom. The fourth-order valence-corrected chi connectivity index (χ4v) is 3.49. The summed E-state index contributed by atoms with van der Waals surface area (Å²) < 4.78 is 6.19. The molecule has 1 saturated carbocycles. The number of pyridine rings is 1. The molecule has 1 unspecified atom stereocenters. The zero-order valence-electron chi connectivity index (χ0n) is 15.9. The van der Waals surface area contributed by atoms with Crippen LogP contribution in [0, 0.1) is 12.8 Å². The van der Waals surface area contributed by atoms with Crippen molar-refractivity contribution in [2.45, 2.75) is 58.4 Å². The van der Waals surface area contributed by atoms with E-state index in [1.165, 1.54) is 29.5 Å². The van der Waals surface area contributed by atoms with Gasteiger partial charge in [-0.1, -0.05) is 13.0 Å². The van der Waals surface area contributed by atoms with Crippen molar-refractivity contribution in [2.75, 3.05) is 6.61 Å². The molecule has 0 radical (unpaired) electrons. The molecule has 3 rings (SSSR count). The Hall–Kier alpha value is -1.87. The molecule has 1 fully saturated rings. The molecule has 134 valence electrons. The van der Waals surface area contributed by atoms with Crippen LogP contribution in [-0.2, 0) is 0 Å². The number of rotatable bonds is 7. The summed E-state index contributed by atoms with van der Waals surface area (Å²) in [4.78, 5) is 4.30. The van der Waals surface area contributed by atoms with Crippen LogP contribution in [0.5, 0.6) is 5.75 Å². The number of benzene rings is 1. The Bertz CT molecular complexity index is 729. The van der Waals surface area contributed by atoms with Crippen LogP contribution in [0.3, 0.4) is 0 Å². The Kier molecular flexibility index (Phi) is 5.14. The van der Waals surface area contributed by atoms with Crippen LogP contribution in [-0.4, -0.2) is 17.1 Å². The van der Waals surface area contributed by atoms with Gasteiger partial charge < -0.3 is 10.5 Å². The van der Waals surface area contributed by atoms with Crippen LogP contribution in [0.25, 0.3) is 11.1 Å². The van der Waals surface area contributed by atoms with Gasteiger partial charge in [-0.25, -0.2) is 0 Å². The van der Waals surface area contributed by atoms with Gasteiger partial charge in [0.25, 0.3) is 0 Å². The van der Waals surface area contributed by atoms with Crippen molar-refractivity contribution in [1.82, 2.24) is 4.98 Å². The molecule has 0 saturated heterocycles. The van der Waals surface area contributed by atoms with Gasteiger partial charge in [0, 0.05) is 17.4 Å². The maximum atomic E-state index is 6.19. The molecule has 1 aromatic heterocycles. The first-order valence-corrected chi connectivity index (χ1v) is 9.30. The topological polar surface area (TPSA) is 48.1 Å². The lowest BCUT2D eigenvalue weighted by Crippen LogP contribution is -2.35. The average molecular weight is 338 g/mol. The Balaban J connectivity index is 1.76. The normalized spacial score (nSPS) is 15.9. The molecule has 1 aromatic carbocycles. The highest BCUT2D eigenvalue weighted by Crippen LogP contribution is 2.45. The molecule has 1 aliphatic rings. The third kappa shape index (κ3) is 5.05. The highest BCUT2D eigenvalue weighted by molar-refractivity contribution is 5.66. The molecule has 0 spiro atoms. The van der Waals surface area contributed by atoms with E-state index in [0.29, 0.717) is 18.4 Å². The van der Waals surface area contributed by atoms with E-state index in [4.69, 9.17) is 10.5 Å². The van der Waals surface area contributed by atoms with Gasteiger partial charge in [-0.15, -0.1) is 0 Å². The molecule has 25 heavy (non-hydrogen) atoms. The lowest BCUT2D eigenvalue weighted by Gasteiger charge is -2.24. The van der Waals surface area contributed by atoms with E-state index in [0.717, 1.165) is 17.9 Å². The molecule has 3 nitrogen and oxygen atoms in total. The highest BCUT2D eigenvalue weighted by Gasteiger charge is 2.27. The minimum absolute atomic E-state index is 0.148. The molecule has 0 bridgehead atoms. The van der Waals surface area contributed by atoms with Gasteiger partial charge in [0.1, 0.15) is 5.75 Å². The van der Waals surface area contributed by atoms with Crippen LogP contribution in [0.15, 0.2) is 36.5 Å². The largest absolute Gasteiger partial charge is 0.493 e. The van der Waals surface area contributed by atoms with E-state index in [2.05, 4.69) is 56.1 Å². The van der Waals surface area contributed by atoms with Crippen molar-refractivity contribution in [3.63, 3.8) is 0 Å². The first kappa shape index (κ1) is 17.9. The lowest BCUT2D eigenvalue weighted by molar-refractivity contribution is 0.227. The minimum Gasteiger partial charge on any atom is -0.493 e. The summed E-state index contributed by atoms with van der Waals surface area (Å²) in [5, 5.41) is 0. The van der Waals surface area contributed by atoms with E-state index in [1.54, 1.807) is 0 Å². The molecule has 1 atom stereocenters. The predicted molar refractivity (Wildman–Crippen MR) is 104 cm³/mol. The van der Waals surface area contributed by atoms with E-state index < -0.39 is 0 Å². The zero-order valence-corrected chi connectivity index (χ0v) is 15.9. The Morgan fingerprint density at radius 1 is 1.20 bits per heavy atom. The first-order chi connectivity index (χ1) is 11.8. The van der Waals surface area contributed by atoms with Gasteiger partial charge in [-0.3, -0.25) is 4.98 Å². The standard InChI is InChI=1S/C22H30N2O/c1-15(13-22(3,4)23)14-25-21-8-7-18(12-20(21)17-5-6-17)19-9-10-24-16(2)11-19/h7-12,15,17H,5-6,13-14,23H2,1-4H3. The summed E-state index contributed by atoms with van der Waals surface area (Å²) in [6, 6.07) is 10.8. The van der Waals surface area contributed by atoms with E-state index in [1.807, 2.05) is 13.1 Å².